The van der Waals surface area contributed by atoms with E-state index in [1.807, 2.05) is 0 Å². The van der Waals surface area contributed by atoms with Gasteiger partial charge in [-0.05, 0) is 43.9 Å². The number of nitrogens with zero attached hydrogens (tertiary/aromatic N) is 1. The van der Waals surface area contributed by atoms with Gasteiger partial charge in [0.05, 0.1) is 26.7 Å². The summed E-state index contributed by atoms with van der Waals surface area (Å²) in [5.41, 5.74) is 0. The van der Waals surface area contributed by atoms with Crippen LogP contribution in [0.1, 0.15) is 46.0 Å². The van der Waals surface area contributed by atoms with Crippen LogP contribution in [-0.4, -0.2) is 31.2 Å². The minimum absolute atomic E-state index is 0.835. The second-order valence-corrected chi connectivity index (χ2v) is 8.28. The summed E-state index contributed by atoms with van der Waals surface area (Å²) in [5, 5.41) is 0. The van der Waals surface area contributed by atoms with E-state index in [9.17, 15) is 0 Å². The monoisotopic (exact) mass is 236 g/mol. The van der Waals surface area contributed by atoms with Crippen molar-refractivity contribution in [3.8, 4) is 0 Å². The average molecular weight is 236 g/mol. The Morgan fingerprint density at radius 3 is 1.76 bits per heavy atom. The first kappa shape index (κ1) is 12.0. The van der Waals surface area contributed by atoms with Crippen LogP contribution in [0.15, 0.2) is 0 Å². The Kier molecular flexibility index (Phi) is 2.81. The largest absolute Gasteiger partial charge is 0.325 e. The van der Waals surface area contributed by atoms with Gasteiger partial charge in [-0.1, -0.05) is 13.8 Å². The van der Waals surface area contributed by atoms with Crippen molar-refractivity contribution in [1.82, 2.24) is 0 Å². The Morgan fingerprint density at radius 1 is 0.882 bits per heavy atom. The molecule has 17 heavy (non-hydrogen) atoms. The van der Waals surface area contributed by atoms with Gasteiger partial charge in [-0.3, -0.25) is 0 Å². The molecule has 4 fully saturated rings. The smallest absolute Gasteiger partial charge is 0.0943 e. The third-order valence-electron chi connectivity index (χ3n) is 5.82. The topological polar surface area (TPSA) is 0 Å². The molecule has 0 aromatic carbocycles. The minimum Gasteiger partial charge on any atom is -0.325 e. The second-order valence-electron chi connectivity index (χ2n) is 8.28. The summed E-state index contributed by atoms with van der Waals surface area (Å²) in [7, 11) is 5.01. The summed E-state index contributed by atoms with van der Waals surface area (Å²) in [5.74, 6) is 5.21. The molecule has 4 aliphatic carbocycles. The van der Waals surface area contributed by atoms with Gasteiger partial charge in [0.15, 0.2) is 0 Å². The van der Waals surface area contributed by atoms with Crippen molar-refractivity contribution in [2.45, 2.75) is 52.0 Å². The molecule has 4 saturated carbocycles. The van der Waals surface area contributed by atoms with E-state index >= 15 is 0 Å². The van der Waals surface area contributed by atoms with Crippen LogP contribution in [0.3, 0.4) is 0 Å². The molecule has 0 radical (unpaired) electrons. The number of rotatable bonds is 3. The molecule has 0 heterocycles. The maximum atomic E-state index is 2.51. The third-order valence-corrected chi connectivity index (χ3v) is 5.82. The Balaban J connectivity index is 1.79. The highest BCUT2D eigenvalue weighted by Gasteiger charge is 2.54. The number of hydrogen-bond acceptors (Lipinski definition) is 0. The van der Waals surface area contributed by atoms with Crippen LogP contribution in [0.4, 0.5) is 0 Å². The van der Waals surface area contributed by atoms with Crippen molar-refractivity contribution in [2.24, 2.45) is 29.6 Å². The molecule has 0 aromatic rings. The van der Waals surface area contributed by atoms with E-state index in [4.69, 9.17) is 0 Å². The van der Waals surface area contributed by atoms with Crippen LogP contribution in [0, 0.1) is 29.6 Å². The van der Waals surface area contributed by atoms with Gasteiger partial charge in [0, 0.05) is 17.8 Å². The highest BCUT2D eigenvalue weighted by Crippen LogP contribution is 2.56. The number of quaternary nitrogens is 1. The summed E-state index contributed by atoms with van der Waals surface area (Å²) in [6.45, 7) is 6.14. The van der Waals surface area contributed by atoms with E-state index in [0.717, 1.165) is 35.6 Å². The van der Waals surface area contributed by atoms with Gasteiger partial charge >= 0.3 is 0 Å². The molecule has 0 amide bonds. The fourth-order valence-corrected chi connectivity index (χ4v) is 6.10. The van der Waals surface area contributed by atoms with E-state index in [2.05, 4.69) is 27.9 Å². The molecule has 4 aliphatic rings. The van der Waals surface area contributed by atoms with Gasteiger partial charge < -0.3 is 4.48 Å². The standard InChI is InChI=1S/C16H30N/c1-11(2)10-17(3,4)16-14-6-12-5-13(8-14)9-15(16)7-12/h11-16H,5-10H2,1-4H3/q+1. The molecule has 1 nitrogen and oxygen atoms in total. The lowest BCUT2D eigenvalue weighted by molar-refractivity contribution is -0.928. The first-order valence-electron chi connectivity index (χ1n) is 7.78. The van der Waals surface area contributed by atoms with Crippen molar-refractivity contribution in [3.05, 3.63) is 0 Å². The number of hydrogen-bond donors (Lipinski definition) is 0. The van der Waals surface area contributed by atoms with Crippen molar-refractivity contribution >= 4 is 0 Å². The van der Waals surface area contributed by atoms with Gasteiger partial charge in [0.1, 0.15) is 0 Å². The molecule has 0 spiro atoms. The highest BCUT2D eigenvalue weighted by atomic mass is 15.3. The zero-order chi connectivity index (χ0) is 12.2. The van der Waals surface area contributed by atoms with Gasteiger partial charge in [0.25, 0.3) is 0 Å². The maximum absolute atomic E-state index is 2.51. The Labute approximate surface area is 107 Å². The van der Waals surface area contributed by atoms with Crippen molar-refractivity contribution in [2.75, 3.05) is 20.6 Å². The third kappa shape index (κ3) is 2.05. The van der Waals surface area contributed by atoms with Gasteiger partial charge in [-0.15, -0.1) is 0 Å². The molecule has 0 atom stereocenters. The van der Waals surface area contributed by atoms with Crippen LogP contribution < -0.4 is 0 Å². The van der Waals surface area contributed by atoms with Crippen molar-refractivity contribution in [1.29, 1.82) is 0 Å². The van der Waals surface area contributed by atoms with E-state index in [-0.39, 0.29) is 0 Å². The summed E-state index contributed by atoms with van der Waals surface area (Å²) < 4.78 is 1.30. The second kappa shape index (κ2) is 3.98. The van der Waals surface area contributed by atoms with Gasteiger partial charge in [-0.25, -0.2) is 0 Å². The summed E-state index contributed by atoms with van der Waals surface area (Å²) in [6, 6.07) is 0.991. The molecule has 4 rings (SSSR count). The molecule has 1 heteroatoms. The fraction of sp³-hybridized carbons (Fsp3) is 1.00. The van der Waals surface area contributed by atoms with E-state index < -0.39 is 0 Å². The predicted molar refractivity (Wildman–Crippen MR) is 72.6 cm³/mol. The van der Waals surface area contributed by atoms with Crippen LogP contribution in [0.2, 0.25) is 0 Å². The molecular weight excluding hydrogens is 206 g/mol. The van der Waals surface area contributed by atoms with E-state index in [1.165, 1.54) is 11.0 Å². The summed E-state index contributed by atoms with van der Waals surface area (Å²) in [6.07, 6.45) is 7.85. The SMILES string of the molecule is CC(C)C[N+](C)(C)C1C2CC3CC(C2)CC1C3. The lowest BCUT2D eigenvalue weighted by Gasteiger charge is -2.58. The minimum atomic E-state index is 0.835. The lowest BCUT2D eigenvalue weighted by atomic mass is 9.53. The Hall–Kier alpha value is -0.0400. The maximum Gasteiger partial charge on any atom is 0.0943 e. The lowest BCUT2D eigenvalue weighted by Crippen LogP contribution is -2.63. The van der Waals surface area contributed by atoms with Crippen LogP contribution in [0.25, 0.3) is 0 Å². The summed E-state index contributed by atoms with van der Waals surface area (Å²) >= 11 is 0. The van der Waals surface area contributed by atoms with Crippen LogP contribution >= 0.6 is 0 Å². The zero-order valence-corrected chi connectivity index (χ0v) is 12.2. The predicted octanol–water partition coefficient (Wildman–Crippen LogP) is 3.54. The molecule has 0 aromatic heterocycles. The van der Waals surface area contributed by atoms with Crippen LogP contribution in [-0.2, 0) is 0 Å². The van der Waals surface area contributed by atoms with Gasteiger partial charge in [0.2, 0.25) is 0 Å². The Bertz CT molecular complexity index is 264. The van der Waals surface area contributed by atoms with Gasteiger partial charge in [-0.2, -0.15) is 0 Å². The normalized spacial score (nSPS) is 44.6. The van der Waals surface area contributed by atoms with Crippen molar-refractivity contribution < 1.29 is 4.48 Å². The zero-order valence-electron chi connectivity index (χ0n) is 12.2. The van der Waals surface area contributed by atoms with Crippen molar-refractivity contribution in [3.63, 3.8) is 0 Å². The molecule has 0 N–H and O–H groups in total. The van der Waals surface area contributed by atoms with Crippen LogP contribution in [0.5, 0.6) is 0 Å². The summed E-state index contributed by atoms with van der Waals surface area (Å²) in [4.78, 5) is 0. The molecular formula is C16H30N+. The van der Waals surface area contributed by atoms with E-state index in [0.29, 0.717) is 0 Å². The molecule has 0 aliphatic heterocycles. The molecule has 4 bridgehead atoms. The highest BCUT2D eigenvalue weighted by molar-refractivity contribution is 4.99. The molecule has 0 unspecified atom stereocenters. The van der Waals surface area contributed by atoms with E-state index in [1.54, 1.807) is 32.1 Å². The fourth-order valence-electron chi connectivity index (χ4n) is 6.10. The first-order chi connectivity index (χ1) is 7.95. The quantitative estimate of drug-likeness (QED) is 0.658. The molecule has 98 valence electrons. The Morgan fingerprint density at radius 2 is 1.35 bits per heavy atom. The first-order valence-corrected chi connectivity index (χ1v) is 7.78. The molecule has 0 saturated heterocycles. The average Bonchev–Trinajstić information content (AvgIpc) is 2.11.